The molecule has 0 radical (unpaired) electrons. The molecule has 382 valence electrons. The highest BCUT2D eigenvalue weighted by molar-refractivity contribution is 5.97. The molecule has 0 spiro atoms. The van der Waals surface area contributed by atoms with E-state index in [0.29, 0.717) is 25.8 Å². The second-order valence-corrected chi connectivity index (χ2v) is 14.8. The van der Waals surface area contributed by atoms with E-state index in [2.05, 4.69) is 47.2 Å². The van der Waals surface area contributed by atoms with Crippen LogP contribution in [-0.4, -0.2) is 167 Å². The summed E-state index contributed by atoms with van der Waals surface area (Å²) in [6.45, 7) is 1.89. The van der Waals surface area contributed by atoms with Gasteiger partial charge in [0.05, 0.1) is 12.6 Å². The average molecular weight is 962 g/mol. The number of unbranched alkanes of at least 4 members (excludes halogenated alkanes) is 1. The maximum absolute atomic E-state index is 13.7. The van der Waals surface area contributed by atoms with Crippen molar-refractivity contribution in [3.63, 3.8) is 0 Å². The number of aliphatic carboxylic acids is 3. The molecule has 6 amide bonds. The molecule has 30 nitrogen and oxygen atoms in total. The topological polar surface area (TPSA) is 549 Å². The quantitative estimate of drug-likeness (QED) is 0.0165. The number of carboxylic acids is 3. The molecule has 0 aliphatic carbocycles. The predicted octanol–water partition coefficient (Wildman–Crippen LogP) is -7.23. The van der Waals surface area contributed by atoms with Gasteiger partial charge >= 0.3 is 11.9 Å². The van der Waals surface area contributed by atoms with Gasteiger partial charge in [-0.05, 0) is 77.7 Å². The van der Waals surface area contributed by atoms with Crippen molar-refractivity contribution >= 4 is 71.2 Å². The van der Waals surface area contributed by atoms with Gasteiger partial charge < -0.3 is 97.8 Å². The number of carbonyl (C=O) groups is 9. The normalized spacial score (nSPS) is 13.6. The van der Waals surface area contributed by atoms with Gasteiger partial charge in [0.2, 0.25) is 35.4 Å². The molecule has 67 heavy (non-hydrogen) atoms. The highest BCUT2D eigenvalue weighted by Gasteiger charge is 2.33. The number of nitrogens with two attached hydrogens (primary N) is 7. The molecule has 0 heterocycles. The maximum Gasteiger partial charge on any atom is 0.326 e. The molecule has 0 saturated carbocycles. The molecular formula is C37H71N17O13. The highest BCUT2D eigenvalue weighted by atomic mass is 16.4. The fraction of sp³-hybridized carbons (Fsp3) is 0.676. The number of aliphatic hydroxyl groups excluding tert-OH is 1. The first-order chi connectivity index (χ1) is 31.4. The fourth-order valence-electron chi connectivity index (χ4n) is 5.47. The summed E-state index contributed by atoms with van der Waals surface area (Å²) in [7, 11) is 0. The number of nitrogens with zero attached hydrogens (tertiary/aromatic N) is 2. The van der Waals surface area contributed by atoms with Crippen molar-refractivity contribution in [1.82, 2.24) is 37.2 Å². The number of carboxylic acid groups (broad SMARTS) is 3. The van der Waals surface area contributed by atoms with E-state index in [1.165, 1.54) is 6.92 Å². The van der Waals surface area contributed by atoms with E-state index in [1.54, 1.807) is 0 Å². The molecule has 7 atom stereocenters. The Bertz CT molecular complexity index is 1690. The van der Waals surface area contributed by atoms with Crippen LogP contribution >= 0.6 is 0 Å². The number of nitrogens with one attached hydrogen (secondary N) is 8. The number of rotatable bonds is 33. The Balaban J connectivity index is 0. The minimum Gasteiger partial charge on any atom is -0.481 e. The summed E-state index contributed by atoms with van der Waals surface area (Å²) in [5.41, 5.74) is 38.4. The molecule has 0 aromatic heterocycles. The van der Waals surface area contributed by atoms with Crippen molar-refractivity contribution in [3.8, 4) is 0 Å². The van der Waals surface area contributed by atoms with E-state index in [9.17, 15) is 48.6 Å². The maximum atomic E-state index is 13.7. The summed E-state index contributed by atoms with van der Waals surface area (Å²) < 4.78 is 0. The van der Waals surface area contributed by atoms with Gasteiger partial charge in [0.1, 0.15) is 36.3 Å². The van der Waals surface area contributed by atoms with Crippen molar-refractivity contribution in [2.24, 2.45) is 50.1 Å². The molecule has 0 aromatic carbocycles. The van der Waals surface area contributed by atoms with Crippen LogP contribution in [0.15, 0.2) is 9.98 Å². The summed E-state index contributed by atoms with van der Waals surface area (Å²) in [6.07, 6.45) is 0.527. The number of amides is 6. The SMILES string of the molecule is CC(=O)O.C[C@H](NC(=O)[C@H](CCCN=C(N)N)NC(=O)[C@H](CO)NC(=O)[C@H](CCCNC(=N)N)NC(=O)[C@H](CCCCN)NC(=O)[C@@H](N)CCCN=C(N)N)C(=O)N[C@@H](CCC(=O)O)C(=O)O. The van der Waals surface area contributed by atoms with Crippen LogP contribution in [-0.2, 0) is 43.2 Å². The molecule has 0 aromatic rings. The summed E-state index contributed by atoms with van der Waals surface area (Å²) >= 11 is 0. The molecule has 0 fully saturated rings. The van der Waals surface area contributed by atoms with Crippen molar-refractivity contribution in [2.75, 3.05) is 32.8 Å². The van der Waals surface area contributed by atoms with Crippen LogP contribution in [0.1, 0.15) is 84.5 Å². The van der Waals surface area contributed by atoms with Crippen molar-refractivity contribution < 1.29 is 63.6 Å². The van der Waals surface area contributed by atoms with Crippen LogP contribution < -0.4 is 77.4 Å². The molecule has 30 heteroatoms. The van der Waals surface area contributed by atoms with Crippen LogP contribution in [0.4, 0.5) is 0 Å². The molecular weight excluding hydrogens is 891 g/mol. The molecule has 0 bridgehead atoms. The van der Waals surface area contributed by atoms with E-state index in [0.717, 1.165) is 6.92 Å². The molecule has 0 unspecified atom stereocenters. The number of hydrogen-bond acceptors (Lipinski definition) is 15. The van der Waals surface area contributed by atoms with Crippen LogP contribution in [0.25, 0.3) is 0 Å². The number of carbonyl (C=O) groups excluding carboxylic acids is 6. The number of guanidine groups is 3. The van der Waals surface area contributed by atoms with Crippen molar-refractivity contribution in [1.29, 1.82) is 5.41 Å². The highest BCUT2D eigenvalue weighted by Crippen LogP contribution is 2.08. The first kappa shape index (κ1) is 62.0. The lowest BCUT2D eigenvalue weighted by Gasteiger charge is -2.27. The van der Waals surface area contributed by atoms with E-state index >= 15 is 0 Å². The zero-order valence-electron chi connectivity index (χ0n) is 37.8. The zero-order chi connectivity index (χ0) is 51.6. The summed E-state index contributed by atoms with van der Waals surface area (Å²) in [6, 6.07) is -9.76. The van der Waals surface area contributed by atoms with Gasteiger partial charge in [-0.15, -0.1) is 0 Å². The number of aliphatic hydroxyl groups is 1. The van der Waals surface area contributed by atoms with E-state index in [-0.39, 0.29) is 76.0 Å². The molecule has 26 N–H and O–H groups in total. The Morgan fingerprint density at radius 3 is 1.43 bits per heavy atom. The van der Waals surface area contributed by atoms with E-state index < -0.39 is 115 Å². The van der Waals surface area contributed by atoms with Crippen molar-refractivity contribution in [3.05, 3.63) is 0 Å². The van der Waals surface area contributed by atoms with Gasteiger partial charge in [-0.2, -0.15) is 0 Å². The Labute approximate surface area is 386 Å². The number of aliphatic imine (C=N–C) groups is 2. The van der Waals surface area contributed by atoms with Crippen molar-refractivity contribution in [2.45, 2.75) is 127 Å². The zero-order valence-corrected chi connectivity index (χ0v) is 37.8. The largest absolute Gasteiger partial charge is 0.481 e. The molecule has 0 rings (SSSR count). The van der Waals surface area contributed by atoms with Gasteiger partial charge in [-0.3, -0.25) is 53.8 Å². The molecule has 0 aliphatic rings. The lowest BCUT2D eigenvalue weighted by molar-refractivity contribution is -0.143. The standard InChI is InChI=1S/C35H67N17O11.C2H4O2/c1-18(26(56)51-23(32(62)63)11-12-25(54)55)47-28(58)21(9-5-15-45-34(40)41)50-31(61)24(17-53)52-30(60)22(10-6-16-46-35(42)43)49-29(59)20(8-2-3-13-36)48-27(57)19(37)7-4-14-44-33(38)39;1-2(3)4/h18-24,53H,2-17,36-37H2,1H3,(H,47,58)(H,48,57)(H,49,59)(H,50,61)(H,51,56)(H,52,60)(H,54,55)(H,62,63)(H4,38,39,44)(H4,40,41,45)(H4,42,43,46);1H3,(H,3,4)/t18-,19-,20-,21-,22-,23-,24-;/m0./s1. The van der Waals surface area contributed by atoms with Crippen LogP contribution in [0, 0.1) is 5.41 Å². The Kier molecular flexibility index (Phi) is 32.6. The minimum atomic E-state index is -1.72. The second-order valence-electron chi connectivity index (χ2n) is 14.8. The van der Waals surface area contributed by atoms with Gasteiger partial charge in [0.25, 0.3) is 5.97 Å². The predicted molar refractivity (Wildman–Crippen MR) is 242 cm³/mol. The van der Waals surface area contributed by atoms with E-state index in [1.807, 2.05) is 0 Å². The smallest absolute Gasteiger partial charge is 0.326 e. The first-order valence-corrected chi connectivity index (χ1v) is 21.1. The van der Waals surface area contributed by atoms with E-state index in [4.69, 9.17) is 60.6 Å². The fourth-order valence-corrected chi connectivity index (χ4v) is 5.47. The second kappa shape index (κ2) is 35.2. The monoisotopic (exact) mass is 962 g/mol. The Morgan fingerprint density at radius 1 is 0.567 bits per heavy atom. The average Bonchev–Trinajstić information content (AvgIpc) is 3.23. The lowest BCUT2D eigenvalue weighted by Crippen LogP contribution is -2.60. The van der Waals surface area contributed by atoms with Crippen LogP contribution in [0.3, 0.4) is 0 Å². The van der Waals surface area contributed by atoms with Gasteiger partial charge in [0, 0.05) is 33.0 Å². The summed E-state index contributed by atoms with van der Waals surface area (Å²) in [5, 5.41) is 60.3. The third kappa shape index (κ3) is 31.4. The Hall–Kier alpha value is -7.08. The Morgan fingerprint density at radius 2 is 0.985 bits per heavy atom. The van der Waals surface area contributed by atoms with Gasteiger partial charge in [0.15, 0.2) is 17.9 Å². The third-order valence-electron chi connectivity index (χ3n) is 8.91. The van der Waals surface area contributed by atoms with Gasteiger partial charge in [-0.1, -0.05) is 0 Å². The van der Waals surface area contributed by atoms with Gasteiger partial charge in [-0.25, -0.2) is 4.79 Å². The summed E-state index contributed by atoms with van der Waals surface area (Å²) in [4.78, 5) is 119. The molecule has 0 aliphatic heterocycles. The van der Waals surface area contributed by atoms with Crippen LogP contribution in [0.2, 0.25) is 0 Å². The summed E-state index contributed by atoms with van der Waals surface area (Å²) in [5.74, 6) is -9.81. The van der Waals surface area contributed by atoms with Crippen LogP contribution in [0.5, 0.6) is 0 Å². The number of hydrogen-bond donors (Lipinski definition) is 19. The lowest BCUT2D eigenvalue weighted by atomic mass is 10.0. The third-order valence-corrected chi connectivity index (χ3v) is 8.91. The molecule has 0 saturated heterocycles. The minimum absolute atomic E-state index is 0.000946. The first-order valence-electron chi connectivity index (χ1n) is 21.1.